The SMILES string of the molecule is CCCCCCCCS(=O)(=O)c1nnnn1-c1ccc([N+](=O)[O-])cc1. The highest BCUT2D eigenvalue weighted by atomic mass is 32.2. The van der Waals surface area contributed by atoms with E-state index in [4.69, 9.17) is 0 Å². The Kier molecular flexibility index (Phi) is 6.57. The fourth-order valence-electron chi connectivity index (χ4n) is 2.41. The maximum Gasteiger partial charge on any atom is 0.272 e. The van der Waals surface area contributed by atoms with Crippen molar-refractivity contribution < 1.29 is 13.3 Å². The highest BCUT2D eigenvalue weighted by molar-refractivity contribution is 7.91. The van der Waals surface area contributed by atoms with Gasteiger partial charge in [0.25, 0.3) is 10.8 Å². The molecule has 1 aromatic carbocycles. The van der Waals surface area contributed by atoms with Gasteiger partial charge in [-0.05, 0) is 29.0 Å². The van der Waals surface area contributed by atoms with Crippen LogP contribution >= 0.6 is 0 Å². The van der Waals surface area contributed by atoms with Gasteiger partial charge in [-0.25, -0.2) is 8.42 Å². The molecule has 9 nitrogen and oxygen atoms in total. The minimum Gasteiger partial charge on any atom is -0.258 e. The third kappa shape index (κ3) is 5.05. The van der Waals surface area contributed by atoms with E-state index in [0.29, 0.717) is 12.1 Å². The van der Waals surface area contributed by atoms with E-state index in [0.717, 1.165) is 36.8 Å². The number of aromatic nitrogens is 4. The average Bonchev–Trinajstić information content (AvgIpc) is 3.09. The van der Waals surface area contributed by atoms with E-state index in [1.54, 1.807) is 0 Å². The van der Waals surface area contributed by atoms with Crippen molar-refractivity contribution in [1.82, 2.24) is 20.2 Å². The summed E-state index contributed by atoms with van der Waals surface area (Å²) in [6, 6.07) is 5.39. The minimum atomic E-state index is -3.62. The van der Waals surface area contributed by atoms with Crippen molar-refractivity contribution in [3.63, 3.8) is 0 Å². The molecule has 0 aliphatic carbocycles. The predicted octanol–water partition coefficient (Wildman–Crippen LogP) is 2.70. The number of nitro groups is 1. The van der Waals surface area contributed by atoms with E-state index < -0.39 is 14.8 Å². The fraction of sp³-hybridized carbons (Fsp3) is 0.533. The van der Waals surface area contributed by atoms with Gasteiger partial charge in [0.1, 0.15) is 0 Å². The van der Waals surface area contributed by atoms with Gasteiger partial charge in [0.2, 0.25) is 9.84 Å². The van der Waals surface area contributed by atoms with E-state index in [1.165, 1.54) is 24.3 Å². The van der Waals surface area contributed by atoms with Gasteiger partial charge in [-0.1, -0.05) is 44.1 Å². The van der Waals surface area contributed by atoms with Crippen LogP contribution in [-0.2, 0) is 9.84 Å². The number of nitro benzene ring substituents is 1. The van der Waals surface area contributed by atoms with E-state index in [-0.39, 0.29) is 16.6 Å². The Morgan fingerprint density at radius 1 is 1.08 bits per heavy atom. The maximum atomic E-state index is 12.5. The van der Waals surface area contributed by atoms with Crippen LogP contribution in [0.1, 0.15) is 45.4 Å². The summed E-state index contributed by atoms with van der Waals surface area (Å²) >= 11 is 0. The normalized spacial score (nSPS) is 11.6. The van der Waals surface area contributed by atoms with Gasteiger partial charge in [0.05, 0.1) is 16.4 Å². The summed E-state index contributed by atoms with van der Waals surface area (Å²) in [5, 5.41) is 21.2. The van der Waals surface area contributed by atoms with Crippen molar-refractivity contribution in [3.8, 4) is 5.69 Å². The molecule has 0 unspecified atom stereocenters. The monoisotopic (exact) mass is 367 g/mol. The smallest absolute Gasteiger partial charge is 0.258 e. The Bertz CT molecular complexity index is 802. The average molecular weight is 367 g/mol. The third-order valence-electron chi connectivity index (χ3n) is 3.79. The minimum absolute atomic E-state index is 0.0213. The third-order valence-corrected chi connectivity index (χ3v) is 5.43. The Labute approximate surface area is 146 Å². The topological polar surface area (TPSA) is 121 Å². The van der Waals surface area contributed by atoms with Crippen LogP contribution in [0.3, 0.4) is 0 Å². The highest BCUT2D eigenvalue weighted by Gasteiger charge is 2.23. The molecule has 25 heavy (non-hydrogen) atoms. The lowest BCUT2D eigenvalue weighted by Crippen LogP contribution is -2.14. The molecule has 0 fully saturated rings. The molecular formula is C15H21N5O4S. The molecule has 0 spiro atoms. The molecule has 1 aromatic heterocycles. The standard InChI is InChI=1S/C15H21N5O4S/c1-2-3-4-5-6-7-12-25(23,24)15-16-17-18-19(15)13-8-10-14(11-9-13)20(21)22/h8-11H,2-7,12H2,1H3. The van der Waals surface area contributed by atoms with Crippen LogP contribution in [0.4, 0.5) is 5.69 Å². The zero-order valence-electron chi connectivity index (χ0n) is 14.0. The van der Waals surface area contributed by atoms with Crippen LogP contribution in [0.15, 0.2) is 29.4 Å². The Hall–Kier alpha value is -2.36. The molecule has 0 N–H and O–H groups in total. The summed E-state index contributed by atoms with van der Waals surface area (Å²) in [4.78, 5) is 10.2. The molecule has 0 radical (unpaired) electrons. The van der Waals surface area contributed by atoms with Crippen LogP contribution in [0.25, 0.3) is 5.69 Å². The first-order valence-electron chi connectivity index (χ1n) is 8.21. The van der Waals surface area contributed by atoms with Gasteiger partial charge < -0.3 is 0 Å². The van der Waals surface area contributed by atoms with Gasteiger partial charge in [0.15, 0.2) is 0 Å². The second kappa shape index (κ2) is 8.65. The zero-order valence-corrected chi connectivity index (χ0v) is 14.9. The number of benzene rings is 1. The molecule has 0 aliphatic rings. The number of hydrogen-bond donors (Lipinski definition) is 0. The molecular weight excluding hydrogens is 346 g/mol. The van der Waals surface area contributed by atoms with Crippen molar-refractivity contribution in [3.05, 3.63) is 34.4 Å². The first-order valence-corrected chi connectivity index (χ1v) is 9.87. The highest BCUT2D eigenvalue weighted by Crippen LogP contribution is 2.18. The van der Waals surface area contributed by atoms with E-state index in [9.17, 15) is 18.5 Å². The molecule has 2 aromatic rings. The summed E-state index contributed by atoms with van der Waals surface area (Å²) in [5.41, 5.74) is 0.269. The van der Waals surface area contributed by atoms with E-state index in [1.807, 2.05) is 0 Å². The maximum absolute atomic E-state index is 12.5. The Morgan fingerprint density at radius 2 is 1.72 bits per heavy atom. The van der Waals surface area contributed by atoms with Crippen molar-refractivity contribution >= 4 is 15.5 Å². The predicted molar refractivity (Wildman–Crippen MR) is 91.2 cm³/mol. The molecule has 0 saturated heterocycles. The number of hydrogen-bond acceptors (Lipinski definition) is 7. The molecule has 0 amide bonds. The molecule has 1 heterocycles. The summed E-state index contributed by atoms with van der Waals surface area (Å²) in [6.07, 6.45) is 5.82. The summed E-state index contributed by atoms with van der Waals surface area (Å²) in [7, 11) is -3.62. The van der Waals surface area contributed by atoms with Crippen LogP contribution in [-0.4, -0.2) is 39.3 Å². The lowest BCUT2D eigenvalue weighted by atomic mass is 10.1. The van der Waals surface area contributed by atoms with Crippen LogP contribution in [0.5, 0.6) is 0 Å². The number of nitrogens with zero attached hydrogens (tertiary/aromatic N) is 5. The number of tetrazole rings is 1. The number of unbranched alkanes of at least 4 members (excludes halogenated alkanes) is 5. The molecule has 10 heteroatoms. The Balaban J connectivity index is 2.07. The van der Waals surface area contributed by atoms with Gasteiger partial charge in [-0.2, -0.15) is 4.68 Å². The van der Waals surface area contributed by atoms with Crippen LogP contribution in [0.2, 0.25) is 0 Å². The van der Waals surface area contributed by atoms with Crippen molar-refractivity contribution in [2.45, 2.75) is 50.6 Å². The largest absolute Gasteiger partial charge is 0.272 e. The van der Waals surface area contributed by atoms with Crippen molar-refractivity contribution in [2.75, 3.05) is 5.75 Å². The lowest BCUT2D eigenvalue weighted by molar-refractivity contribution is -0.384. The molecule has 0 aliphatic heterocycles. The van der Waals surface area contributed by atoms with Gasteiger partial charge >= 0.3 is 0 Å². The van der Waals surface area contributed by atoms with E-state index >= 15 is 0 Å². The quantitative estimate of drug-likeness (QED) is 0.359. The number of sulfone groups is 1. The van der Waals surface area contributed by atoms with Crippen LogP contribution in [0, 0.1) is 10.1 Å². The number of rotatable bonds is 10. The Morgan fingerprint density at radius 3 is 2.36 bits per heavy atom. The van der Waals surface area contributed by atoms with Crippen molar-refractivity contribution in [1.29, 1.82) is 0 Å². The first-order chi connectivity index (χ1) is 12.0. The first kappa shape index (κ1) is 19.0. The van der Waals surface area contributed by atoms with Crippen LogP contribution < -0.4 is 0 Å². The second-order valence-electron chi connectivity index (χ2n) is 5.73. The molecule has 136 valence electrons. The van der Waals surface area contributed by atoms with Gasteiger partial charge in [0, 0.05) is 12.1 Å². The second-order valence-corrected chi connectivity index (χ2v) is 7.74. The zero-order chi connectivity index (χ0) is 18.3. The van der Waals surface area contributed by atoms with Gasteiger partial charge in [-0.15, -0.1) is 0 Å². The molecule has 0 saturated carbocycles. The fourth-order valence-corrected chi connectivity index (χ4v) is 3.75. The summed E-state index contributed by atoms with van der Waals surface area (Å²) in [6.45, 7) is 2.13. The number of non-ortho nitro benzene ring substituents is 1. The summed E-state index contributed by atoms with van der Waals surface area (Å²) in [5.74, 6) is -0.0213. The van der Waals surface area contributed by atoms with E-state index in [2.05, 4.69) is 22.4 Å². The molecule has 0 atom stereocenters. The van der Waals surface area contributed by atoms with Crippen molar-refractivity contribution in [2.24, 2.45) is 0 Å². The molecule has 2 rings (SSSR count). The summed E-state index contributed by atoms with van der Waals surface area (Å²) < 4.78 is 26.1. The van der Waals surface area contributed by atoms with Gasteiger partial charge in [-0.3, -0.25) is 10.1 Å². The molecule has 0 bridgehead atoms. The lowest BCUT2D eigenvalue weighted by Gasteiger charge is -2.06.